The van der Waals surface area contributed by atoms with Crippen LogP contribution in [0.25, 0.3) is 0 Å². The van der Waals surface area contributed by atoms with Crippen LogP contribution in [0.15, 0.2) is 0 Å². The molecule has 1 saturated carbocycles. The van der Waals surface area contributed by atoms with E-state index in [0.717, 1.165) is 18.2 Å². The van der Waals surface area contributed by atoms with Gasteiger partial charge in [0.25, 0.3) is 0 Å². The van der Waals surface area contributed by atoms with Crippen LogP contribution < -0.4 is 5.73 Å². The number of methoxy groups -OCH3 is 1. The van der Waals surface area contributed by atoms with E-state index in [4.69, 9.17) is 22.7 Å². The Labute approximate surface area is 93.6 Å². The standard InChI is InChI=1S/C9H14N4OS/c1-14-5-7-8(9(10)15)11-12-13(7)4-6-2-3-6/h6H,2-5H2,1H3,(H2,10,15). The summed E-state index contributed by atoms with van der Waals surface area (Å²) in [5, 5.41) is 8.04. The highest BCUT2D eigenvalue weighted by molar-refractivity contribution is 7.80. The van der Waals surface area contributed by atoms with Crippen LogP contribution in [0.4, 0.5) is 0 Å². The summed E-state index contributed by atoms with van der Waals surface area (Å²) in [6.07, 6.45) is 2.55. The molecule has 0 aliphatic heterocycles. The van der Waals surface area contributed by atoms with Gasteiger partial charge in [-0.15, -0.1) is 5.10 Å². The maximum Gasteiger partial charge on any atom is 0.145 e. The van der Waals surface area contributed by atoms with Crippen molar-refractivity contribution in [3.63, 3.8) is 0 Å². The van der Waals surface area contributed by atoms with E-state index in [0.29, 0.717) is 12.3 Å². The van der Waals surface area contributed by atoms with Gasteiger partial charge in [0.1, 0.15) is 10.7 Å². The third-order valence-corrected chi connectivity index (χ3v) is 2.67. The highest BCUT2D eigenvalue weighted by Gasteiger charge is 2.25. The molecule has 1 heterocycles. The van der Waals surface area contributed by atoms with Crippen molar-refractivity contribution in [1.82, 2.24) is 15.0 Å². The third-order valence-electron chi connectivity index (χ3n) is 2.48. The Hall–Kier alpha value is -1.01. The number of aromatic nitrogens is 3. The molecule has 0 radical (unpaired) electrons. The van der Waals surface area contributed by atoms with Crippen LogP contribution in [0.3, 0.4) is 0 Å². The summed E-state index contributed by atoms with van der Waals surface area (Å²) in [4.78, 5) is 0.282. The fourth-order valence-electron chi connectivity index (χ4n) is 1.50. The van der Waals surface area contributed by atoms with E-state index in [1.54, 1.807) is 7.11 Å². The summed E-state index contributed by atoms with van der Waals surface area (Å²) >= 11 is 4.91. The number of ether oxygens (including phenoxy) is 1. The summed E-state index contributed by atoms with van der Waals surface area (Å²) in [5.41, 5.74) is 7.04. The quantitative estimate of drug-likeness (QED) is 0.739. The lowest BCUT2D eigenvalue weighted by atomic mass is 10.3. The van der Waals surface area contributed by atoms with Gasteiger partial charge in [-0.25, -0.2) is 4.68 Å². The zero-order chi connectivity index (χ0) is 10.8. The normalized spacial score (nSPS) is 15.5. The highest BCUT2D eigenvalue weighted by atomic mass is 32.1. The maximum absolute atomic E-state index is 5.56. The highest BCUT2D eigenvalue weighted by Crippen LogP contribution is 2.30. The van der Waals surface area contributed by atoms with E-state index in [1.807, 2.05) is 4.68 Å². The lowest BCUT2D eigenvalue weighted by Crippen LogP contribution is -2.15. The van der Waals surface area contributed by atoms with Gasteiger partial charge >= 0.3 is 0 Å². The molecule has 0 bridgehead atoms. The van der Waals surface area contributed by atoms with Crippen molar-refractivity contribution in [2.75, 3.05) is 7.11 Å². The first-order valence-corrected chi connectivity index (χ1v) is 5.34. The van der Waals surface area contributed by atoms with Crippen molar-refractivity contribution < 1.29 is 4.74 Å². The number of nitrogens with two attached hydrogens (primary N) is 1. The van der Waals surface area contributed by atoms with E-state index < -0.39 is 0 Å². The number of rotatable bonds is 5. The molecule has 6 heteroatoms. The number of nitrogens with zero attached hydrogens (tertiary/aromatic N) is 3. The van der Waals surface area contributed by atoms with Gasteiger partial charge in [-0.3, -0.25) is 0 Å². The lowest BCUT2D eigenvalue weighted by Gasteiger charge is -2.05. The summed E-state index contributed by atoms with van der Waals surface area (Å²) in [5.74, 6) is 0.738. The molecule has 0 aromatic carbocycles. The summed E-state index contributed by atoms with van der Waals surface area (Å²) < 4.78 is 6.96. The topological polar surface area (TPSA) is 66.0 Å². The van der Waals surface area contributed by atoms with Crippen molar-refractivity contribution >= 4 is 17.2 Å². The minimum Gasteiger partial charge on any atom is -0.388 e. The predicted molar refractivity (Wildman–Crippen MR) is 59.3 cm³/mol. The molecule has 1 aromatic rings. The fraction of sp³-hybridized carbons (Fsp3) is 0.667. The Morgan fingerprint density at radius 2 is 2.40 bits per heavy atom. The largest absolute Gasteiger partial charge is 0.388 e. The number of thiocarbonyl (C=S) groups is 1. The average Bonchev–Trinajstić information content (AvgIpc) is 2.90. The smallest absolute Gasteiger partial charge is 0.145 e. The molecule has 1 aromatic heterocycles. The van der Waals surface area contributed by atoms with Crippen LogP contribution in [0.2, 0.25) is 0 Å². The molecule has 15 heavy (non-hydrogen) atoms. The molecule has 2 N–H and O–H groups in total. The zero-order valence-corrected chi connectivity index (χ0v) is 9.46. The van der Waals surface area contributed by atoms with Crippen molar-refractivity contribution in [1.29, 1.82) is 0 Å². The second-order valence-corrected chi connectivity index (χ2v) is 4.25. The van der Waals surface area contributed by atoms with Gasteiger partial charge in [-0.2, -0.15) is 0 Å². The van der Waals surface area contributed by atoms with Gasteiger partial charge in [0, 0.05) is 13.7 Å². The minimum absolute atomic E-state index is 0.282. The molecule has 0 spiro atoms. The van der Waals surface area contributed by atoms with E-state index >= 15 is 0 Å². The summed E-state index contributed by atoms with van der Waals surface area (Å²) in [7, 11) is 1.64. The van der Waals surface area contributed by atoms with Crippen LogP contribution in [0.5, 0.6) is 0 Å². The van der Waals surface area contributed by atoms with Crippen molar-refractivity contribution in [3.8, 4) is 0 Å². The molecule has 0 saturated heterocycles. The number of hydrogen-bond acceptors (Lipinski definition) is 4. The second-order valence-electron chi connectivity index (χ2n) is 3.81. The average molecular weight is 226 g/mol. The second kappa shape index (κ2) is 4.24. The van der Waals surface area contributed by atoms with Crippen LogP contribution in [-0.4, -0.2) is 27.1 Å². The first-order valence-electron chi connectivity index (χ1n) is 4.93. The van der Waals surface area contributed by atoms with Crippen LogP contribution in [0.1, 0.15) is 24.2 Å². The number of hydrogen-bond donors (Lipinski definition) is 1. The molecule has 0 atom stereocenters. The molecule has 5 nitrogen and oxygen atoms in total. The van der Waals surface area contributed by atoms with Gasteiger partial charge in [0.15, 0.2) is 0 Å². The van der Waals surface area contributed by atoms with Gasteiger partial charge in [0.2, 0.25) is 0 Å². The van der Waals surface area contributed by atoms with E-state index in [1.165, 1.54) is 12.8 Å². The minimum atomic E-state index is 0.282. The van der Waals surface area contributed by atoms with Crippen molar-refractivity contribution in [3.05, 3.63) is 11.4 Å². The molecular weight excluding hydrogens is 212 g/mol. The Balaban J connectivity index is 2.23. The monoisotopic (exact) mass is 226 g/mol. The van der Waals surface area contributed by atoms with Crippen LogP contribution in [0, 0.1) is 5.92 Å². The van der Waals surface area contributed by atoms with Crippen molar-refractivity contribution in [2.45, 2.75) is 26.0 Å². The molecule has 0 unspecified atom stereocenters. The molecular formula is C9H14N4OS. The van der Waals surface area contributed by atoms with Crippen molar-refractivity contribution in [2.24, 2.45) is 11.7 Å². The van der Waals surface area contributed by atoms with Gasteiger partial charge in [-0.05, 0) is 18.8 Å². The first kappa shape index (κ1) is 10.5. The molecule has 1 aliphatic rings. The predicted octanol–water partition coefficient (Wildman–Crippen LogP) is 0.469. The van der Waals surface area contributed by atoms with Gasteiger partial charge < -0.3 is 10.5 Å². The van der Waals surface area contributed by atoms with E-state index in [2.05, 4.69) is 10.3 Å². The Kier molecular flexibility index (Phi) is 2.97. The summed E-state index contributed by atoms with van der Waals surface area (Å²) in [6.45, 7) is 1.35. The fourth-order valence-corrected chi connectivity index (χ4v) is 1.65. The Morgan fingerprint density at radius 3 is 2.93 bits per heavy atom. The third kappa shape index (κ3) is 2.32. The Bertz CT molecular complexity index is 372. The molecule has 2 rings (SSSR count). The van der Waals surface area contributed by atoms with E-state index in [9.17, 15) is 0 Å². The molecule has 1 aliphatic carbocycles. The van der Waals surface area contributed by atoms with Gasteiger partial charge in [-0.1, -0.05) is 17.4 Å². The zero-order valence-electron chi connectivity index (χ0n) is 8.64. The van der Waals surface area contributed by atoms with Crippen LogP contribution in [-0.2, 0) is 17.9 Å². The lowest BCUT2D eigenvalue weighted by molar-refractivity contribution is 0.176. The molecule has 82 valence electrons. The first-order chi connectivity index (χ1) is 7.22. The van der Waals surface area contributed by atoms with E-state index in [-0.39, 0.29) is 4.99 Å². The van der Waals surface area contributed by atoms with Crippen LogP contribution >= 0.6 is 12.2 Å². The Morgan fingerprint density at radius 1 is 1.67 bits per heavy atom. The summed E-state index contributed by atoms with van der Waals surface area (Å²) in [6, 6.07) is 0. The van der Waals surface area contributed by atoms with Gasteiger partial charge in [0.05, 0.1) is 12.3 Å². The molecule has 0 amide bonds. The SMILES string of the molecule is COCc1c(C(N)=S)nnn1CC1CC1. The molecule has 1 fully saturated rings. The maximum atomic E-state index is 5.56.